The zero-order valence-electron chi connectivity index (χ0n) is 15.6. The van der Waals surface area contributed by atoms with E-state index in [1.807, 2.05) is 0 Å². The summed E-state index contributed by atoms with van der Waals surface area (Å²) in [4.78, 5) is 26.5. The van der Waals surface area contributed by atoms with Gasteiger partial charge in [0.25, 0.3) is 5.91 Å². The Kier molecular flexibility index (Phi) is 6.94. The first kappa shape index (κ1) is 21.4. The number of piperidine rings is 1. The molecule has 0 spiro atoms. The molecule has 1 atom stereocenters. The quantitative estimate of drug-likeness (QED) is 0.640. The molecule has 1 aliphatic heterocycles. The van der Waals surface area contributed by atoms with Crippen LogP contribution in [0.3, 0.4) is 0 Å². The standard InChI is InChI=1S/C19H22ClN3O5S/c20-16-4-1-5-17(11-16)29(26,27)22-8-7-21-18(24)14-3-2-9-23(12-14)19(25)15-6-10-28-13-15/h1,4-6,10-11,13-14,22H,2-3,7-9,12H2,(H,21,24). The third-order valence-electron chi connectivity index (χ3n) is 4.67. The first-order valence-electron chi connectivity index (χ1n) is 9.21. The lowest BCUT2D eigenvalue weighted by atomic mass is 9.96. The zero-order valence-corrected chi connectivity index (χ0v) is 17.2. The van der Waals surface area contributed by atoms with Crippen LogP contribution in [0.4, 0.5) is 0 Å². The number of hydrogen-bond acceptors (Lipinski definition) is 5. The van der Waals surface area contributed by atoms with Gasteiger partial charge < -0.3 is 14.6 Å². The Morgan fingerprint density at radius 2 is 2.07 bits per heavy atom. The van der Waals surface area contributed by atoms with E-state index in [0.29, 0.717) is 30.1 Å². The highest BCUT2D eigenvalue weighted by Gasteiger charge is 2.29. The number of carbonyl (C=O) groups is 2. The third kappa shape index (κ3) is 5.59. The van der Waals surface area contributed by atoms with Gasteiger partial charge in [-0.05, 0) is 37.1 Å². The molecule has 2 aromatic rings. The maximum absolute atomic E-state index is 12.4. The van der Waals surface area contributed by atoms with E-state index in [2.05, 4.69) is 10.0 Å². The Labute approximate surface area is 174 Å². The molecule has 3 rings (SSSR count). The predicted molar refractivity (Wildman–Crippen MR) is 107 cm³/mol. The number of amides is 2. The Morgan fingerprint density at radius 3 is 2.79 bits per heavy atom. The fraction of sp³-hybridized carbons (Fsp3) is 0.368. The molecule has 10 heteroatoms. The highest BCUT2D eigenvalue weighted by atomic mass is 35.5. The molecule has 1 fully saturated rings. The molecule has 2 heterocycles. The van der Waals surface area contributed by atoms with Gasteiger partial charge in [0.05, 0.1) is 22.6 Å². The van der Waals surface area contributed by atoms with Gasteiger partial charge in [-0.15, -0.1) is 0 Å². The maximum Gasteiger partial charge on any atom is 0.257 e. The van der Waals surface area contributed by atoms with Gasteiger partial charge in [0.1, 0.15) is 6.26 Å². The fourth-order valence-electron chi connectivity index (χ4n) is 3.18. The average molecular weight is 440 g/mol. The summed E-state index contributed by atoms with van der Waals surface area (Å²) >= 11 is 5.82. The molecule has 1 aromatic carbocycles. The van der Waals surface area contributed by atoms with Gasteiger partial charge in [-0.25, -0.2) is 13.1 Å². The number of carbonyl (C=O) groups excluding carboxylic acids is 2. The van der Waals surface area contributed by atoms with E-state index < -0.39 is 10.0 Å². The minimum Gasteiger partial charge on any atom is -0.472 e. The highest BCUT2D eigenvalue weighted by molar-refractivity contribution is 7.89. The molecule has 1 unspecified atom stereocenters. The predicted octanol–water partition coefficient (Wildman–Crippen LogP) is 1.88. The lowest BCUT2D eigenvalue weighted by molar-refractivity contribution is -0.126. The van der Waals surface area contributed by atoms with E-state index >= 15 is 0 Å². The summed E-state index contributed by atoms with van der Waals surface area (Å²) in [5.41, 5.74) is 0.460. The van der Waals surface area contributed by atoms with Gasteiger partial charge in [0.2, 0.25) is 15.9 Å². The summed E-state index contributed by atoms with van der Waals surface area (Å²) in [6.45, 7) is 1.10. The van der Waals surface area contributed by atoms with Crippen molar-refractivity contribution in [1.29, 1.82) is 0 Å². The maximum atomic E-state index is 12.4. The van der Waals surface area contributed by atoms with Crippen molar-refractivity contribution in [2.45, 2.75) is 17.7 Å². The van der Waals surface area contributed by atoms with Gasteiger partial charge in [-0.2, -0.15) is 0 Å². The van der Waals surface area contributed by atoms with E-state index in [4.69, 9.17) is 16.0 Å². The summed E-state index contributed by atoms with van der Waals surface area (Å²) in [7, 11) is -3.70. The third-order valence-corrected chi connectivity index (χ3v) is 6.36. The van der Waals surface area contributed by atoms with Crippen LogP contribution in [-0.2, 0) is 14.8 Å². The molecule has 0 saturated carbocycles. The number of nitrogens with zero attached hydrogens (tertiary/aromatic N) is 1. The summed E-state index contributed by atoms with van der Waals surface area (Å²) in [5, 5.41) is 3.06. The van der Waals surface area contributed by atoms with Crippen LogP contribution < -0.4 is 10.0 Å². The van der Waals surface area contributed by atoms with Crippen LogP contribution >= 0.6 is 11.6 Å². The summed E-state index contributed by atoms with van der Waals surface area (Å²) in [6, 6.07) is 7.54. The van der Waals surface area contributed by atoms with Gasteiger partial charge in [0, 0.05) is 31.2 Å². The van der Waals surface area contributed by atoms with Crippen molar-refractivity contribution in [3.8, 4) is 0 Å². The molecule has 29 heavy (non-hydrogen) atoms. The number of sulfonamides is 1. The second-order valence-electron chi connectivity index (χ2n) is 6.75. The first-order chi connectivity index (χ1) is 13.9. The zero-order chi connectivity index (χ0) is 20.9. The molecule has 8 nitrogen and oxygen atoms in total. The molecule has 0 bridgehead atoms. The molecule has 0 radical (unpaired) electrons. The summed E-state index contributed by atoms with van der Waals surface area (Å²) in [5.74, 6) is -0.689. The SMILES string of the molecule is O=C(NCCNS(=O)(=O)c1cccc(Cl)c1)C1CCCN(C(=O)c2ccoc2)C1. The van der Waals surface area contributed by atoms with E-state index in [0.717, 1.165) is 6.42 Å². The molecule has 156 valence electrons. The molecule has 0 aliphatic carbocycles. The lowest BCUT2D eigenvalue weighted by Gasteiger charge is -2.31. The van der Waals surface area contributed by atoms with Crippen LogP contribution in [0.5, 0.6) is 0 Å². The number of rotatable bonds is 7. The molecular weight excluding hydrogens is 418 g/mol. The second kappa shape index (κ2) is 9.43. The van der Waals surface area contributed by atoms with Gasteiger partial charge in [-0.3, -0.25) is 9.59 Å². The Balaban J connectivity index is 1.46. The van der Waals surface area contributed by atoms with E-state index in [1.54, 1.807) is 23.1 Å². The number of nitrogens with one attached hydrogen (secondary N) is 2. The van der Waals surface area contributed by atoms with Crippen LogP contribution in [-0.4, -0.2) is 51.3 Å². The Hall–Kier alpha value is -2.36. The van der Waals surface area contributed by atoms with Gasteiger partial charge in [0.15, 0.2) is 0 Å². The van der Waals surface area contributed by atoms with E-state index in [-0.39, 0.29) is 35.7 Å². The van der Waals surface area contributed by atoms with Crippen molar-refractivity contribution in [3.63, 3.8) is 0 Å². The summed E-state index contributed by atoms with van der Waals surface area (Å²) in [6.07, 6.45) is 4.22. The van der Waals surface area contributed by atoms with Crippen molar-refractivity contribution in [2.24, 2.45) is 5.92 Å². The Bertz CT molecular complexity index is 962. The molecule has 1 aliphatic rings. The lowest BCUT2D eigenvalue weighted by Crippen LogP contribution is -2.46. The highest BCUT2D eigenvalue weighted by Crippen LogP contribution is 2.19. The number of halogens is 1. The van der Waals surface area contributed by atoms with Crippen molar-refractivity contribution in [2.75, 3.05) is 26.2 Å². The monoisotopic (exact) mass is 439 g/mol. The van der Waals surface area contributed by atoms with Crippen LogP contribution in [0, 0.1) is 5.92 Å². The molecule has 2 amide bonds. The fourth-order valence-corrected chi connectivity index (χ4v) is 4.51. The molecular formula is C19H22ClN3O5S. The van der Waals surface area contributed by atoms with E-state index in [1.165, 1.54) is 24.7 Å². The van der Waals surface area contributed by atoms with Crippen molar-refractivity contribution in [3.05, 3.63) is 53.4 Å². The molecule has 1 saturated heterocycles. The van der Waals surface area contributed by atoms with Crippen LogP contribution in [0.1, 0.15) is 23.2 Å². The number of likely N-dealkylation sites (tertiary alicyclic amines) is 1. The van der Waals surface area contributed by atoms with Crippen molar-refractivity contribution >= 4 is 33.4 Å². The van der Waals surface area contributed by atoms with Gasteiger partial charge >= 0.3 is 0 Å². The largest absolute Gasteiger partial charge is 0.472 e. The van der Waals surface area contributed by atoms with Crippen LogP contribution in [0.25, 0.3) is 0 Å². The Morgan fingerprint density at radius 1 is 1.24 bits per heavy atom. The van der Waals surface area contributed by atoms with Crippen molar-refractivity contribution in [1.82, 2.24) is 14.9 Å². The smallest absolute Gasteiger partial charge is 0.257 e. The average Bonchev–Trinajstić information content (AvgIpc) is 3.25. The summed E-state index contributed by atoms with van der Waals surface area (Å²) < 4.78 is 31.8. The number of hydrogen-bond donors (Lipinski definition) is 2. The number of furan rings is 1. The first-order valence-corrected chi connectivity index (χ1v) is 11.1. The normalized spacial score (nSPS) is 17.1. The number of benzene rings is 1. The molecule has 2 N–H and O–H groups in total. The minimum atomic E-state index is -3.70. The van der Waals surface area contributed by atoms with Gasteiger partial charge in [-0.1, -0.05) is 17.7 Å². The topological polar surface area (TPSA) is 109 Å². The minimum absolute atomic E-state index is 0.0466. The van der Waals surface area contributed by atoms with Crippen LogP contribution in [0.15, 0.2) is 52.2 Å². The van der Waals surface area contributed by atoms with E-state index in [9.17, 15) is 18.0 Å². The molecule has 1 aromatic heterocycles. The van der Waals surface area contributed by atoms with Crippen LogP contribution in [0.2, 0.25) is 5.02 Å². The van der Waals surface area contributed by atoms with Crippen molar-refractivity contribution < 1.29 is 22.4 Å². The second-order valence-corrected chi connectivity index (χ2v) is 8.95.